The summed E-state index contributed by atoms with van der Waals surface area (Å²) in [5.41, 5.74) is 1.87. The maximum atomic E-state index is 13.6. The normalized spacial score (nSPS) is 10.8. The lowest BCUT2D eigenvalue weighted by Crippen LogP contribution is -2.21. The third-order valence-corrected chi connectivity index (χ3v) is 2.68. The number of aryl methyl sites for hydroxylation is 1. The van der Waals surface area contributed by atoms with Crippen LogP contribution in [0.5, 0.6) is 11.8 Å². The average Bonchev–Trinajstić information content (AvgIpc) is 2.42. The van der Waals surface area contributed by atoms with Crippen LogP contribution >= 0.6 is 0 Å². The number of ether oxygens (including phenoxy) is 1. The number of hydrogen-bond donors (Lipinski definition) is 1. The van der Waals surface area contributed by atoms with Crippen LogP contribution in [-0.4, -0.2) is 16.0 Å². The molecule has 0 aliphatic heterocycles. The van der Waals surface area contributed by atoms with Gasteiger partial charge in [-0.2, -0.15) is 0 Å². The van der Waals surface area contributed by atoms with Gasteiger partial charge in [-0.1, -0.05) is 19.9 Å². The van der Waals surface area contributed by atoms with Crippen molar-refractivity contribution >= 4 is 0 Å². The number of halogens is 1. The molecule has 0 radical (unpaired) electrons. The van der Waals surface area contributed by atoms with Gasteiger partial charge in [-0.25, -0.2) is 14.4 Å². The lowest BCUT2D eigenvalue weighted by atomic mass is 10.2. The van der Waals surface area contributed by atoms with Gasteiger partial charge in [0.15, 0.2) is 11.6 Å². The van der Waals surface area contributed by atoms with Gasteiger partial charge >= 0.3 is 6.01 Å². The molecule has 4 nitrogen and oxygen atoms in total. The van der Waals surface area contributed by atoms with Crippen molar-refractivity contribution in [2.24, 2.45) is 0 Å². The van der Waals surface area contributed by atoms with E-state index in [0.29, 0.717) is 12.6 Å². The topological polar surface area (TPSA) is 47.0 Å². The van der Waals surface area contributed by atoms with Crippen molar-refractivity contribution in [1.82, 2.24) is 15.3 Å². The standard InChI is InChI=1S/C15H18FN3O/c1-10(2)17-7-12-8-18-15(19-9-12)20-14-6-11(3)4-5-13(14)16/h4-6,8-10,17H,7H2,1-3H3. The Morgan fingerprint density at radius 3 is 2.60 bits per heavy atom. The first-order chi connectivity index (χ1) is 9.54. The van der Waals surface area contributed by atoms with E-state index in [4.69, 9.17) is 4.74 Å². The van der Waals surface area contributed by atoms with Crippen molar-refractivity contribution in [3.8, 4) is 11.8 Å². The zero-order valence-corrected chi connectivity index (χ0v) is 11.9. The number of aromatic nitrogens is 2. The second-order valence-corrected chi connectivity index (χ2v) is 4.95. The SMILES string of the molecule is Cc1ccc(F)c(Oc2ncc(CNC(C)C)cn2)c1. The van der Waals surface area contributed by atoms with Gasteiger partial charge in [0.1, 0.15) is 0 Å². The molecule has 0 bridgehead atoms. The molecule has 1 N–H and O–H groups in total. The summed E-state index contributed by atoms with van der Waals surface area (Å²) in [5, 5.41) is 3.27. The van der Waals surface area contributed by atoms with E-state index in [0.717, 1.165) is 11.1 Å². The monoisotopic (exact) mass is 275 g/mol. The van der Waals surface area contributed by atoms with Crippen molar-refractivity contribution in [3.63, 3.8) is 0 Å². The van der Waals surface area contributed by atoms with Gasteiger partial charge in [0.25, 0.3) is 0 Å². The predicted octanol–water partition coefficient (Wildman–Crippen LogP) is 3.21. The molecule has 0 amide bonds. The third kappa shape index (κ3) is 3.99. The molecular formula is C15H18FN3O. The molecule has 1 aromatic heterocycles. The van der Waals surface area contributed by atoms with Crippen molar-refractivity contribution in [3.05, 3.63) is 47.5 Å². The van der Waals surface area contributed by atoms with E-state index in [1.807, 2.05) is 6.92 Å². The van der Waals surface area contributed by atoms with E-state index < -0.39 is 5.82 Å². The van der Waals surface area contributed by atoms with E-state index in [2.05, 4.69) is 29.1 Å². The fraction of sp³-hybridized carbons (Fsp3) is 0.333. The Kier molecular flexibility index (Phi) is 4.63. The number of nitrogens with one attached hydrogen (secondary N) is 1. The van der Waals surface area contributed by atoms with Crippen molar-refractivity contribution < 1.29 is 9.13 Å². The molecule has 1 aromatic carbocycles. The lowest BCUT2D eigenvalue weighted by molar-refractivity contribution is 0.409. The van der Waals surface area contributed by atoms with Gasteiger partial charge < -0.3 is 10.1 Å². The molecule has 0 atom stereocenters. The molecule has 0 fully saturated rings. The lowest BCUT2D eigenvalue weighted by Gasteiger charge is -2.08. The van der Waals surface area contributed by atoms with E-state index >= 15 is 0 Å². The molecule has 2 aromatic rings. The summed E-state index contributed by atoms with van der Waals surface area (Å²) in [6.07, 6.45) is 3.34. The van der Waals surface area contributed by atoms with Crippen LogP contribution in [0.25, 0.3) is 0 Å². The highest BCUT2D eigenvalue weighted by Gasteiger charge is 2.07. The molecule has 0 aliphatic carbocycles. The molecule has 0 spiro atoms. The van der Waals surface area contributed by atoms with Gasteiger partial charge in [-0.3, -0.25) is 0 Å². The third-order valence-electron chi connectivity index (χ3n) is 2.68. The van der Waals surface area contributed by atoms with Crippen LogP contribution in [0, 0.1) is 12.7 Å². The van der Waals surface area contributed by atoms with Gasteiger partial charge in [0.05, 0.1) is 0 Å². The molecule has 5 heteroatoms. The Morgan fingerprint density at radius 1 is 1.25 bits per heavy atom. The van der Waals surface area contributed by atoms with Crippen LogP contribution in [0.4, 0.5) is 4.39 Å². The van der Waals surface area contributed by atoms with Gasteiger partial charge in [-0.15, -0.1) is 0 Å². The summed E-state index contributed by atoms with van der Waals surface area (Å²) in [6.45, 7) is 6.70. The van der Waals surface area contributed by atoms with E-state index in [-0.39, 0.29) is 11.8 Å². The van der Waals surface area contributed by atoms with Crippen LogP contribution in [0.1, 0.15) is 25.0 Å². The maximum Gasteiger partial charge on any atom is 0.321 e. The summed E-state index contributed by atoms with van der Waals surface area (Å²) >= 11 is 0. The fourth-order valence-corrected chi connectivity index (χ4v) is 1.60. The summed E-state index contributed by atoms with van der Waals surface area (Å²) in [6, 6.07) is 5.21. The maximum absolute atomic E-state index is 13.6. The quantitative estimate of drug-likeness (QED) is 0.910. The summed E-state index contributed by atoms with van der Waals surface area (Å²) < 4.78 is 18.9. The zero-order chi connectivity index (χ0) is 14.5. The van der Waals surface area contributed by atoms with Crippen LogP contribution in [0.2, 0.25) is 0 Å². The van der Waals surface area contributed by atoms with Crippen LogP contribution in [0.15, 0.2) is 30.6 Å². The van der Waals surface area contributed by atoms with Gasteiger partial charge in [0, 0.05) is 30.5 Å². The number of rotatable bonds is 5. The number of nitrogens with zero attached hydrogens (tertiary/aromatic N) is 2. The molecular weight excluding hydrogens is 257 g/mol. The highest BCUT2D eigenvalue weighted by Crippen LogP contribution is 2.22. The van der Waals surface area contributed by atoms with E-state index in [1.165, 1.54) is 6.07 Å². The first kappa shape index (κ1) is 14.4. The molecule has 106 valence electrons. The predicted molar refractivity (Wildman–Crippen MR) is 75.2 cm³/mol. The van der Waals surface area contributed by atoms with Gasteiger partial charge in [-0.05, 0) is 24.6 Å². The van der Waals surface area contributed by atoms with Crippen molar-refractivity contribution in [2.75, 3.05) is 0 Å². The summed E-state index contributed by atoms with van der Waals surface area (Å²) in [4.78, 5) is 8.17. The smallest absolute Gasteiger partial charge is 0.321 e. The summed E-state index contributed by atoms with van der Waals surface area (Å²) in [5.74, 6) is -0.289. The van der Waals surface area contributed by atoms with Crippen LogP contribution < -0.4 is 10.1 Å². The Labute approximate surface area is 118 Å². The molecule has 0 saturated heterocycles. The molecule has 1 heterocycles. The van der Waals surface area contributed by atoms with Crippen LogP contribution in [-0.2, 0) is 6.54 Å². The number of hydrogen-bond acceptors (Lipinski definition) is 4. The minimum atomic E-state index is -0.426. The fourth-order valence-electron chi connectivity index (χ4n) is 1.60. The Bertz CT molecular complexity index is 570. The second kappa shape index (κ2) is 6.43. The Balaban J connectivity index is 2.05. The highest BCUT2D eigenvalue weighted by atomic mass is 19.1. The Morgan fingerprint density at radius 2 is 1.95 bits per heavy atom. The second-order valence-electron chi connectivity index (χ2n) is 4.95. The van der Waals surface area contributed by atoms with Gasteiger partial charge in [0.2, 0.25) is 0 Å². The molecule has 0 unspecified atom stereocenters. The molecule has 20 heavy (non-hydrogen) atoms. The molecule has 0 saturated carbocycles. The first-order valence-corrected chi connectivity index (χ1v) is 6.53. The molecule has 2 rings (SSSR count). The summed E-state index contributed by atoms with van der Waals surface area (Å²) in [7, 11) is 0. The molecule has 0 aliphatic rings. The van der Waals surface area contributed by atoms with Crippen molar-refractivity contribution in [1.29, 1.82) is 0 Å². The first-order valence-electron chi connectivity index (χ1n) is 6.53. The number of benzene rings is 1. The highest BCUT2D eigenvalue weighted by molar-refractivity contribution is 5.31. The van der Waals surface area contributed by atoms with Crippen molar-refractivity contribution in [2.45, 2.75) is 33.4 Å². The van der Waals surface area contributed by atoms with Crippen LogP contribution in [0.3, 0.4) is 0 Å². The zero-order valence-electron chi connectivity index (χ0n) is 11.9. The van der Waals surface area contributed by atoms with E-state index in [1.54, 1.807) is 24.5 Å². The van der Waals surface area contributed by atoms with E-state index in [9.17, 15) is 4.39 Å². The minimum Gasteiger partial charge on any atom is -0.421 e. The largest absolute Gasteiger partial charge is 0.421 e. The average molecular weight is 275 g/mol. The minimum absolute atomic E-state index is 0.137. The Hall–Kier alpha value is -2.01.